The number of halogens is 1. The summed E-state index contributed by atoms with van der Waals surface area (Å²) in [6.07, 6.45) is 1.88. The quantitative estimate of drug-likeness (QED) is 0.803. The van der Waals surface area contributed by atoms with Gasteiger partial charge in [0.15, 0.2) is 0 Å². The van der Waals surface area contributed by atoms with Gasteiger partial charge in [-0.3, -0.25) is 4.90 Å². The molecule has 21 heavy (non-hydrogen) atoms. The predicted octanol–water partition coefficient (Wildman–Crippen LogP) is 1.80. The van der Waals surface area contributed by atoms with Crippen LogP contribution in [0.2, 0.25) is 5.02 Å². The van der Waals surface area contributed by atoms with E-state index in [9.17, 15) is 0 Å². The van der Waals surface area contributed by atoms with Gasteiger partial charge in [0.1, 0.15) is 12.1 Å². The first-order chi connectivity index (χ1) is 10.2. The highest BCUT2D eigenvalue weighted by Crippen LogP contribution is 2.30. The molecule has 1 aromatic carbocycles. The van der Waals surface area contributed by atoms with E-state index in [0.717, 1.165) is 43.0 Å². The molecule has 110 valence electrons. The van der Waals surface area contributed by atoms with Crippen LogP contribution in [0.5, 0.6) is 0 Å². The molecule has 4 rings (SSSR count). The Morgan fingerprint density at radius 1 is 1.29 bits per heavy atom. The molecule has 0 aliphatic carbocycles. The first-order valence-electron chi connectivity index (χ1n) is 7.19. The maximum atomic E-state index is 6.05. The van der Waals surface area contributed by atoms with Crippen molar-refractivity contribution in [3.05, 3.63) is 29.5 Å². The van der Waals surface area contributed by atoms with E-state index in [1.807, 2.05) is 18.2 Å². The average Bonchev–Trinajstić information content (AvgIpc) is 2.91. The van der Waals surface area contributed by atoms with Gasteiger partial charge >= 0.3 is 0 Å². The fourth-order valence-electron chi connectivity index (χ4n) is 3.30. The highest BCUT2D eigenvalue weighted by molar-refractivity contribution is 6.31. The number of rotatable bonds is 1. The van der Waals surface area contributed by atoms with Crippen molar-refractivity contribution >= 4 is 28.3 Å². The Labute approximate surface area is 128 Å². The highest BCUT2D eigenvalue weighted by Gasteiger charge is 2.39. The summed E-state index contributed by atoms with van der Waals surface area (Å²) < 4.78 is 5.91. The largest absolute Gasteiger partial charge is 0.373 e. The Balaban J connectivity index is 1.71. The minimum absolute atomic E-state index is 0.265. The van der Waals surface area contributed by atoms with Crippen LogP contribution in [-0.2, 0) is 4.74 Å². The van der Waals surface area contributed by atoms with Crippen LogP contribution in [0.25, 0.3) is 10.9 Å². The number of hydrogen-bond acceptors (Lipinski definition) is 5. The van der Waals surface area contributed by atoms with Gasteiger partial charge in [0.25, 0.3) is 0 Å². The van der Waals surface area contributed by atoms with Crippen LogP contribution in [0.4, 0.5) is 5.82 Å². The smallest absolute Gasteiger partial charge is 0.140 e. The maximum absolute atomic E-state index is 6.05. The van der Waals surface area contributed by atoms with Crippen LogP contribution in [-0.4, -0.2) is 60.3 Å². The normalized spacial score (nSPS) is 26.3. The molecule has 2 aliphatic heterocycles. The molecule has 0 bridgehead atoms. The summed E-state index contributed by atoms with van der Waals surface area (Å²) in [5, 5.41) is 1.74. The molecule has 0 N–H and O–H groups in total. The van der Waals surface area contributed by atoms with Gasteiger partial charge < -0.3 is 9.64 Å². The number of nitrogens with zero attached hydrogens (tertiary/aromatic N) is 4. The molecule has 1 aromatic heterocycles. The zero-order valence-electron chi connectivity index (χ0n) is 11.9. The van der Waals surface area contributed by atoms with Crippen LogP contribution in [0.1, 0.15) is 0 Å². The van der Waals surface area contributed by atoms with Gasteiger partial charge in [-0.15, -0.1) is 0 Å². The molecule has 0 saturated carbocycles. The van der Waals surface area contributed by atoms with E-state index >= 15 is 0 Å². The van der Waals surface area contributed by atoms with E-state index in [2.05, 4.69) is 26.8 Å². The molecule has 3 heterocycles. The topological polar surface area (TPSA) is 41.5 Å². The molecule has 2 fully saturated rings. The zero-order valence-corrected chi connectivity index (χ0v) is 12.6. The van der Waals surface area contributed by atoms with Crippen molar-refractivity contribution in [1.29, 1.82) is 0 Å². The second kappa shape index (κ2) is 5.09. The summed E-state index contributed by atoms with van der Waals surface area (Å²) in [6, 6.07) is 6.21. The Morgan fingerprint density at radius 2 is 2.19 bits per heavy atom. The standard InChI is InChI=1S/C15H17ClN4O/c1-19-4-5-21-14-8-20(7-13(14)19)15-11-3-2-10(16)6-12(11)17-9-18-15/h2-3,6,9,13-14H,4-5,7-8H2,1H3. The van der Waals surface area contributed by atoms with Gasteiger partial charge in [-0.05, 0) is 25.2 Å². The summed E-state index contributed by atoms with van der Waals surface area (Å²) >= 11 is 6.05. The molecular formula is C15H17ClN4O. The first kappa shape index (κ1) is 13.2. The number of anilines is 1. The summed E-state index contributed by atoms with van der Waals surface area (Å²) in [7, 11) is 2.17. The molecule has 0 amide bonds. The average molecular weight is 305 g/mol. The van der Waals surface area contributed by atoms with Crippen LogP contribution >= 0.6 is 11.6 Å². The van der Waals surface area contributed by atoms with Crippen molar-refractivity contribution in [2.24, 2.45) is 0 Å². The number of morpholine rings is 1. The van der Waals surface area contributed by atoms with E-state index in [-0.39, 0.29) is 6.10 Å². The number of hydrogen-bond donors (Lipinski definition) is 0. The summed E-state index contributed by atoms with van der Waals surface area (Å²) in [5.41, 5.74) is 0.886. The van der Waals surface area contributed by atoms with Gasteiger partial charge in [-0.25, -0.2) is 9.97 Å². The summed E-state index contributed by atoms with van der Waals surface area (Å²) in [6.45, 7) is 3.63. The van der Waals surface area contributed by atoms with Gasteiger partial charge in [-0.1, -0.05) is 11.6 Å². The second-order valence-corrected chi connectivity index (χ2v) is 6.16. The lowest BCUT2D eigenvalue weighted by Crippen LogP contribution is -2.48. The van der Waals surface area contributed by atoms with E-state index in [1.54, 1.807) is 6.33 Å². The molecule has 2 saturated heterocycles. The predicted molar refractivity (Wildman–Crippen MR) is 82.9 cm³/mol. The van der Waals surface area contributed by atoms with E-state index in [0.29, 0.717) is 11.1 Å². The van der Waals surface area contributed by atoms with Crippen molar-refractivity contribution in [3.63, 3.8) is 0 Å². The van der Waals surface area contributed by atoms with Gasteiger partial charge in [-0.2, -0.15) is 0 Å². The molecule has 0 spiro atoms. The Bertz CT molecular complexity index is 680. The van der Waals surface area contributed by atoms with Crippen LogP contribution in [0.3, 0.4) is 0 Å². The van der Waals surface area contributed by atoms with Crippen molar-refractivity contribution in [1.82, 2.24) is 14.9 Å². The third-order valence-corrected chi connectivity index (χ3v) is 4.69. The molecule has 2 unspecified atom stereocenters. The van der Waals surface area contributed by atoms with Crippen LogP contribution in [0.15, 0.2) is 24.5 Å². The molecule has 6 heteroatoms. The summed E-state index contributed by atoms with van der Waals surface area (Å²) in [5.74, 6) is 0.975. The lowest BCUT2D eigenvalue weighted by molar-refractivity contribution is -0.0362. The lowest BCUT2D eigenvalue weighted by Gasteiger charge is -2.33. The minimum atomic E-state index is 0.265. The number of benzene rings is 1. The number of aromatic nitrogens is 2. The molecule has 5 nitrogen and oxygen atoms in total. The number of ether oxygens (including phenoxy) is 1. The maximum Gasteiger partial charge on any atom is 0.140 e. The molecule has 2 aliphatic rings. The molecule has 2 aromatic rings. The van der Waals surface area contributed by atoms with Gasteiger partial charge in [0, 0.05) is 30.0 Å². The summed E-state index contributed by atoms with van der Waals surface area (Å²) in [4.78, 5) is 13.5. The first-order valence-corrected chi connectivity index (χ1v) is 7.57. The zero-order chi connectivity index (χ0) is 14.4. The Morgan fingerprint density at radius 3 is 3.05 bits per heavy atom. The van der Waals surface area contributed by atoms with Crippen molar-refractivity contribution in [3.8, 4) is 0 Å². The van der Waals surface area contributed by atoms with E-state index in [1.165, 1.54) is 0 Å². The van der Waals surface area contributed by atoms with Gasteiger partial charge in [0.2, 0.25) is 0 Å². The Hall–Kier alpha value is -1.43. The van der Waals surface area contributed by atoms with E-state index in [4.69, 9.17) is 16.3 Å². The van der Waals surface area contributed by atoms with Crippen molar-refractivity contribution < 1.29 is 4.74 Å². The third-order valence-electron chi connectivity index (χ3n) is 4.46. The Kier molecular flexibility index (Phi) is 3.21. The number of fused-ring (bicyclic) bond motifs is 2. The van der Waals surface area contributed by atoms with Crippen molar-refractivity contribution in [2.45, 2.75) is 12.1 Å². The number of likely N-dealkylation sites (N-methyl/N-ethyl adjacent to an activating group) is 1. The second-order valence-electron chi connectivity index (χ2n) is 5.72. The lowest BCUT2D eigenvalue weighted by atomic mass is 10.1. The van der Waals surface area contributed by atoms with Crippen LogP contribution < -0.4 is 4.90 Å². The molecule has 0 radical (unpaired) electrons. The SMILES string of the molecule is CN1CCOC2CN(c3ncnc4cc(Cl)ccc34)CC21. The molecular weight excluding hydrogens is 288 g/mol. The fraction of sp³-hybridized carbons (Fsp3) is 0.467. The van der Waals surface area contributed by atoms with Crippen molar-refractivity contribution in [2.75, 3.05) is 38.2 Å². The van der Waals surface area contributed by atoms with Gasteiger partial charge in [0.05, 0.1) is 24.3 Å². The van der Waals surface area contributed by atoms with E-state index < -0.39 is 0 Å². The third kappa shape index (κ3) is 2.25. The molecule has 2 atom stereocenters. The monoisotopic (exact) mass is 304 g/mol. The fourth-order valence-corrected chi connectivity index (χ4v) is 3.46. The van der Waals surface area contributed by atoms with Crippen LogP contribution in [0, 0.1) is 0 Å². The highest BCUT2D eigenvalue weighted by atomic mass is 35.5. The minimum Gasteiger partial charge on any atom is -0.373 e.